The number of hydrogen-bond donors (Lipinski definition) is 0. The number of nitrogens with zero attached hydrogens (tertiary/aromatic N) is 2. The van der Waals surface area contributed by atoms with Gasteiger partial charge in [0.2, 0.25) is 0 Å². The van der Waals surface area contributed by atoms with Crippen molar-refractivity contribution in [2.75, 3.05) is 18.0 Å². The Kier molecular flexibility index (Phi) is 5.16. The van der Waals surface area contributed by atoms with Gasteiger partial charge in [-0.15, -0.1) is 0 Å². The second-order valence-corrected chi connectivity index (χ2v) is 3.82. The molecule has 1 rings (SSSR count). The molecule has 0 atom stereocenters. The van der Waals surface area contributed by atoms with Gasteiger partial charge in [0.1, 0.15) is 6.54 Å². The smallest absolute Gasteiger partial charge is 0.170 e. The van der Waals surface area contributed by atoms with E-state index in [1.807, 2.05) is 0 Å². The van der Waals surface area contributed by atoms with Gasteiger partial charge in [-0.2, -0.15) is 0 Å². The van der Waals surface area contributed by atoms with Crippen molar-refractivity contribution in [2.24, 2.45) is 0 Å². The minimum atomic E-state index is 1.08. The molecule has 0 N–H and O–H groups in total. The van der Waals surface area contributed by atoms with Crippen molar-refractivity contribution in [1.29, 1.82) is 0 Å². The lowest BCUT2D eigenvalue weighted by molar-refractivity contribution is -0.697. The Labute approximate surface area is 93.5 Å². The molecular formula is C13H23N2+. The van der Waals surface area contributed by atoms with E-state index >= 15 is 0 Å². The zero-order valence-electron chi connectivity index (χ0n) is 10.2. The van der Waals surface area contributed by atoms with E-state index in [1.54, 1.807) is 0 Å². The molecule has 0 saturated carbocycles. The lowest BCUT2D eigenvalue weighted by Crippen LogP contribution is -2.33. The van der Waals surface area contributed by atoms with Gasteiger partial charge in [-0.05, 0) is 13.8 Å². The Hall–Kier alpha value is -1.05. The highest BCUT2D eigenvalue weighted by Crippen LogP contribution is 2.10. The van der Waals surface area contributed by atoms with Crippen LogP contribution >= 0.6 is 0 Å². The average Bonchev–Trinajstić information content (AvgIpc) is 2.29. The van der Waals surface area contributed by atoms with Crippen molar-refractivity contribution in [1.82, 2.24) is 0 Å². The van der Waals surface area contributed by atoms with E-state index in [0.29, 0.717) is 0 Å². The zero-order chi connectivity index (χ0) is 11.1. The summed E-state index contributed by atoms with van der Waals surface area (Å²) in [5.74, 6) is 0. The van der Waals surface area contributed by atoms with Crippen LogP contribution in [0.2, 0.25) is 0 Å². The fraction of sp³-hybridized carbons (Fsp3) is 0.615. The topological polar surface area (TPSA) is 7.12 Å². The van der Waals surface area contributed by atoms with Gasteiger partial charge < -0.3 is 4.90 Å². The first kappa shape index (κ1) is 12.0. The highest BCUT2D eigenvalue weighted by molar-refractivity contribution is 5.43. The van der Waals surface area contributed by atoms with Crippen molar-refractivity contribution in [3.8, 4) is 0 Å². The van der Waals surface area contributed by atoms with E-state index in [2.05, 4.69) is 54.8 Å². The Morgan fingerprint density at radius 1 is 1.07 bits per heavy atom. The molecule has 0 aliphatic heterocycles. The number of pyridine rings is 1. The van der Waals surface area contributed by atoms with Gasteiger partial charge in [0.05, 0.1) is 0 Å². The van der Waals surface area contributed by atoms with Crippen LogP contribution in [0.25, 0.3) is 0 Å². The highest BCUT2D eigenvalue weighted by atomic mass is 15.1. The zero-order valence-corrected chi connectivity index (χ0v) is 10.2. The predicted molar refractivity (Wildman–Crippen MR) is 65.1 cm³/mol. The largest absolute Gasteiger partial charge is 0.372 e. The molecule has 84 valence electrons. The fourth-order valence-corrected chi connectivity index (χ4v) is 1.74. The molecular weight excluding hydrogens is 184 g/mol. The van der Waals surface area contributed by atoms with E-state index in [1.165, 1.54) is 18.5 Å². The summed E-state index contributed by atoms with van der Waals surface area (Å²) in [6.07, 6.45) is 6.88. The van der Waals surface area contributed by atoms with Crippen LogP contribution in [-0.2, 0) is 6.54 Å². The summed E-state index contributed by atoms with van der Waals surface area (Å²) in [5, 5.41) is 0. The van der Waals surface area contributed by atoms with Crippen LogP contribution < -0.4 is 9.47 Å². The van der Waals surface area contributed by atoms with E-state index in [-0.39, 0.29) is 0 Å². The first-order valence-corrected chi connectivity index (χ1v) is 6.05. The molecule has 2 nitrogen and oxygen atoms in total. The normalized spacial score (nSPS) is 10.3. The third-order valence-corrected chi connectivity index (χ3v) is 2.77. The van der Waals surface area contributed by atoms with Gasteiger partial charge in [0, 0.05) is 37.3 Å². The minimum Gasteiger partial charge on any atom is -0.372 e. The number of hydrogen-bond acceptors (Lipinski definition) is 1. The number of anilines is 1. The summed E-state index contributed by atoms with van der Waals surface area (Å²) < 4.78 is 2.26. The molecule has 0 saturated heterocycles. The lowest BCUT2D eigenvalue weighted by Gasteiger charge is -2.19. The molecule has 2 heteroatoms. The van der Waals surface area contributed by atoms with Crippen LogP contribution in [0.5, 0.6) is 0 Å². The summed E-state index contributed by atoms with van der Waals surface area (Å²) in [6.45, 7) is 9.91. The molecule has 0 spiro atoms. The SMILES string of the molecule is CCCC[n+]1ccc(N(CC)CC)cc1. The predicted octanol–water partition coefficient (Wildman–Crippen LogP) is 2.62. The van der Waals surface area contributed by atoms with Crippen LogP contribution in [0.3, 0.4) is 0 Å². The van der Waals surface area contributed by atoms with E-state index in [4.69, 9.17) is 0 Å². The first-order chi connectivity index (χ1) is 7.31. The van der Waals surface area contributed by atoms with Gasteiger partial charge in [0.15, 0.2) is 12.4 Å². The standard InChI is InChI=1S/C13H23N2/c1-4-7-10-14-11-8-13(9-12-14)15(5-2)6-3/h8-9,11-12H,4-7,10H2,1-3H3/q+1. The van der Waals surface area contributed by atoms with Crippen molar-refractivity contribution in [2.45, 2.75) is 40.2 Å². The molecule has 0 amide bonds. The van der Waals surface area contributed by atoms with Crippen molar-refractivity contribution >= 4 is 5.69 Å². The molecule has 0 aliphatic rings. The third kappa shape index (κ3) is 3.54. The molecule has 1 aromatic heterocycles. The highest BCUT2D eigenvalue weighted by Gasteiger charge is 2.04. The van der Waals surface area contributed by atoms with Crippen LogP contribution in [0, 0.1) is 0 Å². The molecule has 0 fully saturated rings. The Morgan fingerprint density at radius 2 is 1.67 bits per heavy atom. The quantitative estimate of drug-likeness (QED) is 0.650. The van der Waals surface area contributed by atoms with Crippen LogP contribution in [0.4, 0.5) is 5.69 Å². The van der Waals surface area contributed by atoms with Gasteiger partial charge >= 0.3 is 0 Å². The van der Waals surface area contributed by atoms with Crippen LogP contribution in [0.15, 0.2) is 24.5 Å². The Morgan fingerprint density at radius 3 is 2.13 bits per heavy atom. The molecule has 0 bridgehead atoms. The van der Waals surface area contributed by atoms with Crippen molar-refractivity contribution in [3.05, 3.63) is 24.5 Å². The molecule has 1 heterocycles. The molecule has 0 aromatic carbocycles. The summed E-state index contributed by atoms with van der Waals surface area (Å²) in [4.78, 5) is 2.37. The van der Waals surface area contributed by atoms with Crippen LogP contribution in [0.1, 0.15) is 33.6 Å². The van der Waals surface area contributed by atoms with E-state index in [9.17, 15) is 0 Å². The molecule has 0 aliphatic carbocycles. The number of aryl methyl sites for hydroxylation is 1. The Balaban J connectivity index is 2.62. The van der Waals surface area contributed by atoms with E-state index < -0.39 is 0 Å². The maximum atomic E-state index is 2.37. The second-order valence-electron chi connectivity index (χ2n) is 3.82. The summed E-state index contributed by atoms with van der Waals surface area (Å²) >= 11 is 0. The average molecular weight is 207 g/mol. The molecule has 1 aromatic rings. The van der Waals surface area contributed by atoms with E-state index in [0.717, 1.165) is 19.6 Å². The fourth-order valence-electron chi connectivity index (χ4n) is 1.74. The minimum absolute atomic E-state index is 1.08. The Bertz CT molecular complexity index is 262. The molecule has 15 heavy (non-hydrogen) atoms. The molecule has 0 radical (unpaired) electrons. The monoisotopic (exact) mass is 207 g/mol. The summed E-state index contributed by atoms with van der Waals surface area (Å²) in [7, 11) is 0. The number of rotatable bonds is 6. The maximum absolute atomic E-state index is 2.37. The summed E-state index contributed by atoms with van der Waals surface area (Å²) in [5.41, 5.74) is 1.33. The third-order valence-electron chi connectivity index (χ3n) is 2.77. The summed E-state index contributed by atoms with van der Waals surface area (Å²) in [6, 6.07) is 4.42. The van der Waals surface area contributed by atoms with Crippen molar-refractivity contribution in [3.63, 3.8) is 0 Å². The second kappa shape index (κ2) is 6.44. The van der Waals surface area contributed by atoms with Gasteiger partial charge in [-0.25, -0.2) is 4.57 Å². The lowest BCUT2D eigenvalue weighted by atomic mass is 10.3. The number of aromatic nitrogens is 1. The maximum Gasteiger partial charge on any atom is 0.170 e. The molecule has 0 unspecified atom stereocenters. The van der Waals surface area contributed by atoms with Gasteiger partial charge in [-0.3, -0.25) is 0 Å². The van der Waals surface area contributed by atoms with Crippen molar-refractivity contribution < 1.29 is 4.57 Å². The first-order valence-electron chi connectivity index (χ1n) is 6.05. The van der Waals surface area contributed by atoms with Gasteiger partial charge in [-0.1, -0.05) is 13.3 Å². The van der Waals surface area contributed by atoms with Gasteiger partial charge in [0.25, 0.3) is 0 Å². The number of unbranched alkanes of at least 4 members (excludes halogenated alkanes) is 1. The van der Waals surface area contributed by atoms with Crippen LogP contribution in [-0.4, -0.2) is 13.1 Å².